The van der Waals surface area contributed by atoms with Gasteiger partial charge in [0, 0.05) is 6.07 Å². The van der Waals surface area contributed by atoms with E-state index in [1.54, 1.807) is 6.07 Å². The molecule has 33 heavy (non-hydrogen) atoms. The fraction of sp³-hybridized carbons (Fsp3) is 0.690. The minimum atomic E-state index is -0.551. The molecule has 0 bridgehead atoms. The Labute approximate surface area is 199 Å². The highest BCUT2D eigenvalue weighted by molar-refractivity contribution is 5.75. The van der Waals surface area contributed by atoms with Crippen molar-refractivity contribution < 1.29 is 18.7 Å². The van der Waals surface area contributed by atoms with Gasteiger partial charge < -0.3 is 9.47 Å². The maximum absolute atomic E-state index is 14.4. The summed E-state index contributed by atoms with van der Waals surface area (Å²) in [5.41, 5.74) is 0. The molecule has 4 unspecified atom stereocenters. The Balaban J connectivity index is 1.23. The molecule has 4 atom stereocenters. The molecule has 3 fully saturated rings. The van der Waals surface area contributed by atoms with Gasteiger partial charge in [-0.15, -0.1) is 0 Å². The van der Waals surface area contributed by atoms with Crippen molar-refractivity contribution in [1.82, 2.24) is 0 Å². The van der Waals surface area contributed by atoms with Crippen molar-refractivity contribution in [2.75, 3.05) is 6.61 Å². The van der Waals surface area contributed by atoms with Gasteiger partial charge in [-0.3, -0.25) is 4.79 Å². The van der Waals surface area contributed by atoms with Gasteiger partial charge in [0.2, 0.25) is 0 Å². The first-order valence-electron chi connectivity index (χ1n) is 13.3. The molecule has 0 spiro atoms. The van der Waals surface area contributed by atoms with E-state index >= 15 is 0 Å². The first-order valence-corrected chi connectivity index (χ1v) is 13.3. The number of carbonyl (C=O) groups excluding carboxylic acids is 1. The predicted octanol–water partition coefficient (Wildman–Crippen LogP) is 7.74. The number of esters is 1. The average Bonchev–Trinajstić information content (AvgIpc) is 2.85. The van der Waals surface area contributed by atoms with Gasteiger partial charge in [0.1, 0.15) is 12.4 Å². The van der Waals surface area contributed by atoms with Crippen LogP contribution in [0.2, 0.25) is 0 Å². The van der Waals surface area contributed by atoms with Gasteiger partial charge in [0.15, 0.2) is 11.6 Å². The molecule has 0 heterocycles. The average molecular weight is 457 g/mol. The number of halogens is 1. The summed E-state index contributed by atoms with van der Waals surface area (Å²) in [7, 11) is 0. The van der Waals surface area contributed by atoms with Crippen LogP contribution in [0.1, 0.15) is 84.5 Å². The third-order valence-electron chi connectivity index (χ3n) is 8.81. The van der Waals surface area contributed by atoms with E-state index in [1.807, 2.05) is 19.1 Å². The number of hydrogen-bond donors (Lipinski definition) is 0. The van der Waals surface area contributed by atoms with Crippen LogP contribution in [0.4, 0.5) is 4.39 Å². The van der Waals surface area contributed by atoms with Crippen molar-refractivity contribution in [1.29, 1.82) is 0 Å². The Bertz CT molecular complexity index is 811. The Morgan fingerprint density at radius 2 is 1.64 bits per heavy atom. The molecular weight excluding hydrogens is 415 g/mol. The van der Waals surface area contributed by atoms with Crippen LogP contribution in [-0.4, -0.2) is 12.6 Å². The van der Waals surface area contributed by atoms with Crippen molar-refractivity contribution >= 4 is 5.97 Å². The highest BCUT2D eigenvalue weighted by Gasteiger charge is 2.39. The van der Waals surface area contributed by atoms with E-state index in [1.165, 1.54) is 57.1 Å². The van der Waals surface area contributed by atoms with E-state index in [4.69, 9.17) is 9.47 Å². The second kappa shape index (κ2) is 11.5. The summed E-state index contributed by atoms with van der Waals surface area (Å²) in [6.45, 7) is 4.65. The maximum atomic E-state index is 14.4. The summed E-state index contributed by atoms with van der Waals surface area (Å²) in [6.07, 6.45) is 17.6. The van der Waals surface area contributed by atoms with Gasteiger partial charge in [0.25, 0.3) is 0 Å². The number of fused-ring (bicyclic) bond motifs is 1. The summed E-state index contributed by atoms with van der Waals surface area (Å²) in [4.78, 5) is 12.7. The van der Waals surface area contributed by atoms with Gasteiger partial charge in [0.05, 0.1) is 5.92 Å². The Hall–Kier alpha value is -1.84. The fourth-order valence-corrected chi connectivity index (χ4v) is 6.73. The van der Waals surface area contributed by atoms with Gasteiger partial charge in [-0.2, -0.15) is 0 Å². The van der Waals surface area contributed by atoms with Gasteiger partial charge in [-0.05, 0) is 106 Å². The minimum Gasteiger partial charge on any atom is -0.489 e. The van der Waals surface area contributed by atoms with Crippen LogP contribution in [0.3, 0.4) is 0 Å². The monoisotopic (exact) mass is 456 g/mol. The van der Waals surface area contributed by atoms with E-state index in [-0.39, 0.29) is 17.6 Å². The number of benzene rings is 1. The largest absolute Gasteiger partial charge is 0.489 e. The minimum absolute atomic E-state index is 0.00140. The van der Waals surface area contributed by atoms with Gasteiger partial charge in [-0.1, -0.05) is 31.9 Å². The third-order valence-corrected chi connectivity index (χ3v) is 8.81. The van der Waals surface area contributed by atoms with E-state index in [9.17, 15) is 9.18 Å². The molecule has 0 N–H and O–H groups in total. The number of ether oxygens (including phenoxy) is 2. The molecule has 0 aromatic heterocycles. The van der Waals surface area contributed by atoms with Crippen molar-refractivity contribution in [3.05, 3.63) is 36.2 Å². The Morgan fingerprint density at radius 3 is 2.33 bits per heavy atom. The molecule has 182 valence electrons. The SMILES string of the molecule is C/C=C/COc1ccc(OC(=O)C2CCC(C3CCC4CC(CC)CCC4C3)CC2)c(F)c1. The first-order chi connectivity index (χ1) is 16.1. The van der Waals surface area contributed by atoms with Crippen LogP contribution in [0.25, 0.3) is 0 Å². The molecule has 0 aliphatic heterocycles. The van der Waals surface area contributed by atoms with Gasteiger partial charge >= 0.3 is 5.97 Å². The Morgan fingerprint density at radius 1 is 0.970 bits per heavy atom. The zero-order valence-electron chi connectivity index (χ0n) is 20.4. The molecule has 0 radical (unpaired) electrons. The third kappa shape index (κ3) is 6.19. The predicted molar refractivity (Wildman–Crippen MR) is 130 cm³/mol. The van der Waals surface area contributed by atoms with E-state index in [0.717, 1.165) is 55.3 Å². The highest BCUT2D eigenvalue weighted by atomic mass is 19.1. The smallest absolute Gasteiger partial charge is 0.314 e. The molecular formula is C29H41FO3. The summed E-state index contributed by atoms with van der Waals surface area (Å²) in [5, 5.41) is 0. The van der Waals surface area contributed by atoms with Crippen LogP contribution in [-0.2, 0) is 4.79 Å². The lowest BCUT2D eigenvalue weighted by Gasteiger charge is -2.45. The topological polar surface area (TPSA) is 35.5 Å². The molecule has 3 aliphatic carbocycles. The van der Waals surface area contributed by atoms with Crippen LogP contribution >= 0.6 is 0 Å². The molecule has 0 saturated heterocycles. The fourth-order valence-electron chi connectivity index (χ4n) is 6.73. The summed E-state index contributed by atoms with van der Waals surface area (Å²) < 4.78 is 25.3. The lowest BCUT2D eigenvalue weighted by molar-refractivity contribution is -0.140. The van der Waals surface area contributed by atoms with E-state index in [0.29, 0.717) is 12.4 Å². The molecule has 3 nitrogen and oxygen atoms in total. The van der Waals surface area contributed by atoms with Crippen LogP contribution < -0.4 is 9.47 Å². The number of hydrogen-bond acceptors (Lipinski definition) is 3. The standard InChI is InChI=1S/C29H41FO3/c1-3-5-16-32-26-14-15-28(27(30)19-26)33-29(31)22-10-8-21(9-11-22)24-13-12-23-17-20(4-2)6-7-25(23)18-24/h3,5,14-15,19-25H,4,6-13,16-18H2,1-2H3/b5-3+. The quantitative estimate of drug-likeness (QED) is 0.239. The van der Waals surface area contributed by atoms with Gasteiger partial charge in [-0.25, -0.2) is 4.39 Å². The van der Waals surface area contributed by atoms with Crippen molar-refractivity contribution in [2.45, 2.75) is 84.5 Å². The lowest BCUT2D eigenvalue weighted by atomic mass is 9.61. The second-order valence-corrected chi connectivity index (χ2v) is 10.7. The Kier molecular flexibility index (Phi) is 8.49. The lowest BCUT2D eigenvalue weighted by Crippen LogP contribution is -2.35. The molecule has 1 aromatic carbocycles. The molecule has 3 aliphatic rings. The summed E-state index contributed by atoms with van der Waals surface area (Å²) in [5.74, 6) is 3.98. The molecule has 4 heteroatoms. The van der Waals surface area contributed by atoms with E-state index < -0.39 is 5.82 Å². The number of carbonyl (C=O) groups is 1. The summed E-state index contributed by atoms with van der Waals surface area (Å²) >= 11 is 0. The van der Waals surface area contributed by atoms with Crippen LogP contribution in [0, 0.1) is 41.3 Å². The highest BCUT2D eigenvalue weighted by Crippen LogP contribution is 2.49. The molecule has 1 aromatic rings. The molecule has 4 rings (SSSR count). The zero-order chi connectivity index (χ0) is 23.2. The van der Waals surface area contributed by atoms with Crippen molar-refractivity contribution in [3.8, 4) is 11.5 Å². The van der Waals surface area contributed by atoms with Crippen molar-refractivity contribution in [3.63, 3.8) is 0 Å². The maximum Gasteiger partial charge on any atom is 0.314 e. The first kappa shape index (κ1) is 24.3. The molecule has 3 saturated carbocycles. The van der Waals surface area contributed by atoms with Crippen molar-refractivity contribution in [2.24, 2.45) is 35.5 Å². The molecule has 0 amide bonds. The normalized spacial score (nSPS) is 32.3. The summed E-state index contributed by atoms with van der Waals surface area (Å²) in [6, 6.07) is 4.43. The zero-order valence-corrected chi connectivity index (χ0v) is 20.4. The number of rotatable bonds is 7. The van der Waals surface area contributed by atoms with Crippen LogP contribution in [0.5, 0.6) is 11.5 Å². The van der Waals surface area contributed by atoms with Crippen LogP contribution in [0.15, 0.2) is 30.4 Å². The van der Waals surface area contributed by atoms with E-state index in [2.05, 4.69) is 6.92 Å². The second-order valence-electron chi connectivity index (χ2n) is 10.7. The number of allylic oxidation sites excluding steroid dienone is 1.